The molecule has 1 aliphatic carbocycles. The predicted octanol–water partition coefficient (Wildman–Crippen LogP) is 3.91. The molecular formula is C18H24N2O. The molecule has 3 heteroatoms. The van der Waals surface area contributed by atoms with Crippen LogP contribution in [0, 0.1) is 5.92 Å². The van der Waals surface area contributed by atoms with Gasteiger partial charge in [0.25, 0.3) is 0 Å². The van der Waals surface area contributed by atoms with Crippen molar-refractivity contribution in [3.05, 3.63) is 36.0 Å². The highest BCUT2D eigenvalue weighted by Crippen LogP contribution is 2.32. The Morgan fingerprint density at radius 1 is 1.29 bits per heavy atom. The molecule has 1 aromatic heterocycles. The van der Waals surface area contributed by atoms with Crippen molar-refractivity contribution in [2.24, 2.45) is 5.92 Å². The first-order valence-corrected chi connectivity index (χ1v) is 7.97. The van der Waals surface area contributed by atoms with Crippen LogP contribution in [0.3, 0.4) is 0 Å². The molecule has 0 unspecified atom stereocenters. The summed E-state index contributed by atoms with van der Waals surface area (Å²) in [7, 11) is 0. The van der Waals surface area contributed by atoms with Crippen LogP contribution in [0.2, 0.25) is 0 Å². The second-order valence-corrected chi connectivity index (χ2v) is 6.26. The van der Waals surface area contributed by atoms with Gasteiger partial charge in [0.15, 0.2) is 0 Å². The molecule has 0 bridgehead atoms. The number of pyridine rings is 1. The van der Waals surface area contributed by atoms with Crippen molar-refractivity contribution >= 4 is 10.8 Å². The molecule has 2 aromatic rings. The van der Waals surface area contributed by atoms with Gasteiger partial charge in [0.05, 0.1) is 12.3 Å². The number of aromatic nitrogens is 1. The van der Waals surface area contributed by atoms with Crippen LogP contribution in [-0.4, -0.2) is 17.6 Å². The average molecular weight is 284 g/mol. The fraction of sp³-hybridized carbons (Fsp3) is 0.500. The minimum absolute atomic E-state index is 0.456. The summed E-state index contributed by atoms with van der Waals surface area (Å²) in [5, 5.41) is 5.74. The van der Waals surface area contributed by atoms with E-state index in [1.165, 1.54) is 18.2 Å². The Labute approximate surface area is 126 Å². The van der Waals surface area contributed by atoms with Gasteiger partial charge < -0.3 is 10.1 Å². The molecule has 3 nitrogen and oxygen atoms in total. The number of benzene rings is 1. The van der Waals surface area contributed by atoms with Gasteiger partial charge in [-0.15, -0.1) is 0 Å². The third kappa shape index (κ3) is 3.94. The van der Waals surface area contributed by atoms with Crippen LogP contribution in [0.5, 0.6) is 5.88 Å². The van der Waals surface area contributed by atoms with Crippen LogP contribution in [0.15, 0.2) is 30.3 Å². The molecule has 0 amide bonds. The van der Waals surface area contributed by atoms with Gasteiger partial charge in [-0.05, 0) is 29.9 Å². The number of ether oxygens (including phenoxy) is 1. The fourth-order valence-electron chi connectivity index (χ4n) is 2.46. The number of hydrogen-bond acceptors (Lipinski definition) is 3. The van der Waals surface area contributed by atoms with Crippen molar-refractivity contribution < 1.29 is 4.74 Å². The SMILES string of the molecule is CC(C)NCc1cc2ccccc2c(OCCC2CC2)n1. The number of nitrogens with zero attached hydrogens (tertiary/aromatic N) is 1. The highest BCUT2D eigenvalue weighted by atomic mass is 16.5. The Kier molecular flexibility index (Phi) is 4.39. The normalized spacial score (nSPS) is 14.8. The maximum atomic E-state index is 5.98. The highest BCUT2D eigenvalue weighted by molar-refractivity contribution is 5.87. The zero-order chi connectivity index (χ0) is 14.7. The topological polar surface area (TPSA) is 34.1 Å². The van der Waals surface area contributed by atoms with Gasteiger partial charge in [-0.1, -0.05) is 44.9 Å². The molecule has 112 valence electrons. The van der Waals surface area contributed by atoms with Crippen molar-refractivity contribution in [1.29, 1.82) is 0 Å². The molecule has 0 saturated heterocycles. The van der Waals surface area contributed by atoms with E-state index in [0.717, 1.165) is 42.5 Å². The maximum absolute atomic E-state index is 5.98. The van der Waals surface area contributed by atoms with E-state index >= 15 is 0 Å². The van der Waals surface area contributed by atoms with E-state index in [0.29, 0.717) is 6.04 Å². The molecule has 0 radical (unpaired) electrons. The van der Waals surface area contributed by atoms with E-state index in [9.17, 15) is 0 Å². The molecule has 1 aromatic carbocycles. The number of hydrogen-bond donors (Lipinski definition) is 1. The number of fused-ring (bicyclic) bond motifs is 1. The molecule has 0 spiro atoms. The zero-order valence-corrected chi connectivity index (χ0v) is 12.9. The Balaban J connectivity index is 1.79. The minimum atomic E-state index is 0.456. The molecular weight excluding hydrogens is 260 g/mol. The number of rotatable bonds is 7. The summed E-state index contributed by atoms with van der Waals surface area (Å²) in [5.41, 5.74) is 1.05. The lowest BCUT2D eigenvalue weighted by Gasteiger charge is -2.12. The molecule has 3 rings (SSSR count). The second-order valence-electron chi connectivity index (χ2n) is 6.26. The van der Waals surface area contributed by atoms with E-state index < -0.39 is 0 Å². The monoisotopic (exact) mass is 284 g/mol. The Hall–Kier alpha value is -1.61. The van der Waals surface area contributed by atoms with E-state index in [1.54, 1.807) is 0 Å². The van der Waals surface area contributed by atoms with Crippen molar-refractivity contribution in [3.63, 3.8) is 0 Å². The first-order valence-electron chi connectivity index (χ1n) is 7.97. The van der Waals surface area contributed by atoms with Crippen molar-refractivity contribution in [2.45, 2.75) is 45.7 Å². The summed E-state index contributed by atoms with van der Waals surface area (Å²) in [4.78, 5) is 4.71. The summed E-state index contributed by atoms with van der Waals surface area (Å²) in [6.07, 6.45) is 3.90. The summed E-state index contributed by atoms with van der Waals surface area (Å²) < 4.78 is 5.98. The first kappa shape index (κ1) is 14.3. The van der Waals surface area contributed by atoms with Gasteiger partial charge in [-0.3, -0.25) is 0 Å². The second kappa shape index (κ2) is 6.44. The van der Waals surface area contributed by atoms with Crippen molar-refractivity contribution in [3.8, 4) is 5.88 Å². The van der Waals surface area contributed by atoms with E-state index in [2.05, 4.69) is 43.4 Å². The summed E-state index contributed by atoms with van der Waals surface area (Å²) in [6, 6.07) is 10.9. The van der Waals surface area contributed by atoms with E-state index in [4.69, 9.17) is 9.72 Å². The predicted molar refractivity (Wildman–Crippen MR) is 86.6 cm³/mol. The summed E-state index contributed by atoms with van der Waals surface area (Å²) >= 11 is 0. The first-order chi connectivity index (χ1) is 10.2. The molecule has 0 atom stereocenters. The molecule has 1 fully saturated rings. The third-order valence-electron chi connectivity index (χ3n) is 3.91. The maximum Gasteiger partial charge on any atom is 0.221 e. The van der Waals surface area contributed by atoms with Gasteiger partial charge >= 0.3 is 0 Å². The molecule has 1 aliphatic rings. The Morgan fingerprint density at radius 3 is 2.86 bits per heavy atom. The van der Waals surface area contributed by atoms with Crippen LogP contribution in [0.25, 0.3) is 10.8 Å². The van der Waals surface area contributed by atoms with Gasteiger partial charge in [-0.25, -0.2) is 4.98 Å². The van der Waals surface area contributed by atoms with E-state index in [-0.39, 0.29) is 0 Å². The minimum Gasteiger partial charge on any atom is -0.477 e. The summed E-state index contributed by atoms with van der Waals surface area (Å²) in [5.74, 6) is 1.68. The summed E-state index contributed by atoms with van der Waals surface area (Å²) in [6.45, 7) is 5.85. The third-order valence-corrected chi connectivity index (χ3v) is 3.91. The van der Waals surface area contributed by atoms with Crippen LogP contribution < -0.4 is 10.1 Å². The lowest BCUT2D eigenvalue weighted by molar-refractivity contribution is 0.294. The lowest BCUT2D eigenvalue weighted by atomic mass is 10.1. The zero-order valence-electron chi connectivity index (χ0n) is 12.9. The van der Waals surface area contributed by atoms with Crippen LogP contribution in [-0.2, 0) is 6.54 Å². The standard InChI is InChI=1S/C18H24N2O/c1-13(2)19-12-16-11-15-5-3-4-6-17(15)18(20-16)21-10-9-14-7-8-14/h3-6,11,13-14,19H,7-10,12H2,1-2H3. The molecule has 21 heavy (non-hydrogen) atoms. The van der Waals surface area contributed by atoms with Crippen LogP contribution in [0.1, 0.15) is 38.8 Å². The van der Waals surface area contributed by atoms with Gasteiger partial charge in [0.2, 0.25) is 5.88 Å². The largest absolute Gasteiger partial charge is 0.477 e. The highest BCUT2D eigenvalue weighted by Gasteiger charge is 2.21. The fourth-order valence-corrected chi connectivity index (χ4v) is 2.46. The Morgan fingerprint density at radius 2 is 2.10 bits per heavy atom. The molecule has 1 heterocycles. The van der Waals surface area contributed by atoms with Crippen molar-refractivity contribution in [2.75, 3.05) is 6.61 Å². The number of nitrogens with one attached hydrogen (secondary N) is 1. The van der Waals surface area contributed by atoms with Crippen LogP contribution >= 0.6 is 0 Å². The Bertz CT molecular complexity index is 605. The average Bonchev–Trinajstić information content (AvgIpc) is 3.29. The van der Waals surface area contributed by atoms with Gasteiger partial charge in [0.1, 0.15) is 0 Å². The van der Waals surface area contributed by atoms with Crippen LogP contribution in [0.4, 0.5) is 0 Å². The lowest BCUT2D eigenvalue weighted by Crippen LogP contribution is -2.22. The molecule has 1 N–H and O–H groups in total. The van der Waals surface area contributed by atoms with Crippen molar-refractivity contribution in [1.82, 2.24) is 10.3 Å². The van der Waals surface area contributed by atoms with Gasteiger partial charge in [-0.2, -0.15) is 0 Å². The smallest absolute Gasteiger partial charge is 0.221 e. The molecule has 1 saturated carbocycles. The van der Waals surface area contributed by atoms with E-state index in [1.807, 2.05) is 6.07 Å². The molecule has 0 aliphatic heterocycles. The quantitative estimate of drug-likeness (QED) is 0.837. The van der Waals surface area contributed by atoms with Gasteiger partial charge in [0, 0.05) is 18.0 Å².